The Kier molecular flexibility index (Phi) is 5.98. The molecule has 1 saturated carbocycles. The molecule has 4 aromatic rings. The molecule has 6 rings (SSSR count). The van der Waals surface area contributed by atoms with E-state index in [1.807, 2.05) is 36.4 Å². The van der Waals surface area contributed by atoms with Crippen molar-refractivity contribution in [3.63, 3.8) is 0 Å². The lowest BCUT2D eigenvalue weighted by Gasteiger charge is -2.32. The first-order valence-electron chi connectivity index (χ1n) is 11.5. The molecular weight excluding hydrogens is 468 g/mol. The summed E-state index contributed by atoms with van der Waals surface area (Å²) in [5.41, 5.74) is 0.866. The maximum atomic E-state index is 9.63. The molecule has 1 aliphatic heterocycles. The average Bonchev–Trinajstić information content (AvgIpc) is 3.54. The van der Waals surface area contributed by atoms with Crippen LogP contribution in [0.2, 0.25) is 0 Å². The van der Waals surface area contributed by atoms with Crippen molar-refractivity contribution in [3.05, 3.63) is 42.6 Å². The smallest absolute Gasteiger partial charge is 0.259 e. The highest BCUT2D eigenvalue weighted by molar-refractivity contribution is 7.18. The molecule has 0 bridgehead atoms. The summed E-state index contributed by atoms with van der Waals surface area (Å²) in [5, 5.41) is 25.2. The van der Waals surface area contributed by atoms with Gasteiger partial charge in [0.25, 0.3) is 5.89 Å². The number of ether oxygens (including phenoxy) is 1. The van der Waals surface area contributed by atoms with Gasteiger partial charge in [-0.3, -0.25) is 0 Å². The number of hydrogen-bond acceptors (Lipinski definition) is 12. The van der Waals surface area contributed by atoms with Crippen LogP contribution in [0.3, 0.4) is 0 Å². The predicted octanol–water partition coefficient (Wildman–Crippen LogP) is 3.17. The van der Waals surface area contributed by atoms with Gasteiger partial charge in [-0.15, -0.1) is 10.2 Å². The summed E-state index contributed by atoms with van der Waals surface area (Å²) in [6, 6.07) is 11.7. The van der Waals surface area contributed by atoms with E-state index in [-0.39, 0.29) is 12.1 Å². The molecule has 12 heteroatoms. The highest BCUT2D eigenvalue weighted by Crippen LogP contribution is 2.32. The lowest BCUT2D eigenvalue weighted by molar-refractivity contribution is 0.0834. The summed E-state index contributed by atoms with van der Waals surface area (Å²) in [6.07, 6.45) is 2.83. The number of rotatable bonds is 7. The van der Waals surface area contributed by atoms with E-state index in [4.69, 9.17) is 14.1 Å². The lowest BCUT2D eigenvalue weighted by Crippen LogP contribution is -2.40. The fourth-order valence-electron chi connectivity index (χ4n) is 3.97. The Morgan fingerprint density at radius 1 is 1.03 bits per heavy atom. The van der Waals surface area contributed by atoms with Crippen molar-refractivity contribution in [3.8, 4) is 22.2 Å². The van der Waals surface area contributed by atoms with Crippen LogP contribution < -0.4 is 15.5 Å². The maximum absolute atomic E-state index is 9.63. The zero-order chi connectivity index (χ0) is 23.6. The Morgan fingerprint density at radius 3 is 2.63 bits per heavy atom. The summed E-state index contributed by atoms with van der Waals surface area (Å²) in [5.74, 6) is 2.84. The van der Waals surface area contributed by atoms with Gasteiger partial charge in [-0.2, -0.15) is 9.97 Å². The number of nitrogens with one attached hydrogen (secondary N) is 2. The van der Waals surface area contributed by atoms with Crippen LogP contribution in [0.15, 0.2) is 47.0 Å². The molecule has 3 N–H and O–H groups in total. The van der Waals surface area contributed by atoms with Crippen LogP contribution in [-0.4, -0.2) is 68.7 Å². The van der Waals surface area contributed by atoms with Gasteiger partial charge in [0.1, 0.15) is 16.5 Å². The molecule has 2 aliphatic rings. The molecular formula is C23H24N8O3S. The van der Waals surface area contributed by atoms with Crippen molar-refractivity contribution >= 4 is 34.1 Å². The molecule has 0 atom stereocenters. The van der Waals surface area contributed by atoms with Crippen molar-refractivity contribution < 1.29 is 14.3 Å². The van der Waals surface area contributed by atoms with Crippen molar-refractivity contribution in [2.75, 3.05) is 41.8 Å². The van der Waals surface area contributed by atoms with Crippen LogP contribution >= 0.6 is 11.3 Å². The normalized spacial score (nSPS) is 19.9. The summed E-state index contributed by atoms with van der Waals surface area (Å²) < 4.78 is 11.3. The number of morpholine rings is 1. The minimum Gasteiger partial charge on any atom is -0.415 e. The molecule has 1 aliphatic carbocycles. The van der Waals surface area contributed by atoms with Crippen LogP contribution in [0.25, 0.3) is 22.2 Å². The lowest BCUT2D eigenvalue weighted by atomic mass is 9.90. The van der Waals surface area contributed by atoms with Gasteiger partial charge >= 0.3 is 0 Å². The maximum Gasteiger partial charge on any atom is 0.259 e. The molecule has 0 amide bonds. The molecule has 11 nitrogen and oxygen atoms in total. The quantitative estimate of drug-likeness (QED) is 0.351. The fourth-order valence-corrected chi connectivity index (χ4v) is 4.71. The van der Waals surface area contributed by atoms with Crippen molar-refractivity contribution in [2.45, 2.75) is 25.0 Å². The van der Waals surface area contributed by atoms with E-state index in [9.17, 15) is 5.11 Å². The van der Waals surface area contributed by atoms with Crippen LogP contribution in [0.5, 0.6) is 0 Å². The number of benzene rings is 1. The first kappa shape index (κ1) is 21.9. The minimum absolute atomic E-state index is 0.167. The standard InChI is InChI=1S/C23H24N8O3S/c32-16-10-15(11-16)25-22-26-18(12-19(28-22)31-6-8-33-9-7-31)27-23-24-13-17(35-23)21-30-29-20(34-21)14-4-2-1-3-5-14/h1-5,12-13,15-16,32H,6-11H2,(H2,24,25,26,27,28). The van der Waals surface area contributed by atoms with E-state index in [1.54, 1.807) is 6.20 Å². The van der Waals surface area contributed by atoms with E-state index < -0.39 is 0 Å². The van der Waals surface area contributed by atoms with E-state index >= 15 is 0 Å². The molecule has 180 valence electrons. The van der Waals surface area contributed by atoms with Crippen molar-refractivity contribution in [1.29, 1.82) is 0 Å². The molecule has 2 fully saturated rings. The van der Waals surface area contributed by atoms with Gasteiger partial charge in [-0.25, -0.2) is 4.98 Å². The zero-order valence-corrected chi connectivity index (χ0v) is 19.6. The van der Waals surface area contributed by atoms with Gasteiger partial charge in [-0.05, 0) is 25.0 Å². The fraction of sp³-hybridized carbons (Fsp3) is 0.348. The Morgan fingerprint density at radius 2 is 1.83 bits per heavy atom. The van der Waals surface area contributed by atoms with Crippen LogP contribution in [0.1, 0.15) is 12.8 Å². The van der Waals surface area contributed by atoms with Gasteiger partial charge in [0.2, 0.25) is 11.8 Å². The van der Waals surface area contributed by atoms with E-state index in [2.05, 4.69) is 35.7 Å². The second-order valence-corrected chi connectivity index (χ2v) is 9.46. The molecule has 0 spiro atoms. The van der Waals surface area contributed by atoms with Crippen LogP contribution in [-0.2, 0) is 4.74 Å². The average molecular weight is 493 g/mol. The summed E-state index contributed by atoms with van der Waals surface area (Å²) in [7, 11) is 0. The van der Waals surface area contributed by atoms with Crippen molar-refractivity contribution in [1.82, 2.24) is 25.1 Å². The Hall–Kier alpha value is -3.61. The number of aromatic nitrogens is 5. The third-order valence-corrected chi connectivity index (χ3v) is 6.79. The monoisotopic (exact) mass is 492 g/mol. The number of anilines is 4. The zero-order valence-electron chi connectivity index (χ0n) is 18.8. The number of hydrogen-bond donors (Lipinski definition) is 3. The summed E-state index contributed by atoms with van der Waals surface area (Å²) in [4.78, 5) is 16.7. The highest BCUT2D eigenvalue weighted by atomic mass is 32.1. The SMILES string of the molecule is OC1CC(Nc2nc(Nc3ncc(-c4nnc(-c5ccccc5)o4)s3)cc(N3CCOCC3)n2)C1. The van der Waals surface area contributed by atoms with Gasteiger partial charge in [0.05, 0.1) is 25.5 Å². The van der Waals surface area contributed by atoms with Gasteiger partial charge in [0, 0.05) is 30.8 Å². The third-order valence-electron chi connectivity index (χ3n) is 5.89. The van der Waals surface area contributed by atoms with Gasteiger partial charge in [0.15, 0.2) is 5.13 Å². The first-order valence-corrected chi connectivity index (χ1v) is 12.3. The van der Waals surface area contributed by atoms with Crippen LogP contribution in [0, 0.1) is 0 Å². The molecule has 0 unspecified atom stereocenters. The van der Waals surface area contributed by atoms with Gasteiger partial charge < -0.3 is 29.8 Å². The molecule has 4 heterocycles. The number of aliphatic hydroxyl groups excluding tert-OH is 1. The number of thiazole rings is 1. The highest BCUT2D eigenvalue weighted by Gasteiger charge is 2.28. The Labute approximate surface area is 205 Å². The Balaban J connectivity index is 1.22. The molecule has 1 saturated heterocycles. The largest absolute Gasteiger partial charge is 0.415 e. The van der Waals surface area contributed by atoms with Crippen LogP contribution in [0.4, 0.5) is 22.7 Å². The first-order chi connectivity index (χ1) is 17.2. The van der Waals surface area contributed by atoms with E-state index in [0.717, 1.165) is 29.3 Å². The molecule has 3 aromatic heterocycles. The van der Waals surface area contributed by atoms with E-state index in [0.29, 0.717) is 54.7 Å². The second-order valence-electron chi connectivity index (χ2n) is 8.43. The minimum atomic E-state index is -0.256. The second kappa shape index (κ2) is 9.56. The van der Waals surface area contributed by atoms with Crippen molar-refractivity contribution in [2.24, 2.45) is 0 Å². The summed E-state index contributed by atoms with van der Waals surface area (Å²) in [6.45, 7) is 2.85. The molecule has 1 aromatic carbocycles. The predicted molar refractivity (Wildman–Crippen MR) is 132 cm³/mol. The topological polar surface area (TPSA) is 134 Å². The molecule has 35 heavy (non-hydrogen) atoms. The number of aliphatic hydroxyl groups is 1. The van der Waals surface area contributed by atoms with E-state index in [1.165, 1.54) is 11.3 Å². The van der Waals surface area contributed by atoms with Gasteiger partial charge in [-0.1, -0.05) is 29.5 Å². The summed E-state index contributed by atoms with van der Waals surface area (Å²) >= 11 is 1.40. The third kappa shape index (κ3) is 4.94. The Bertz CT molecular complexity index is 1280. The molecule has 0 radical (unpaired) electrons. The number of nitrogens with zero attached hydrogens (tertiary/aromatic N) is 6.